The number of aromatic nitrogens is 1. The van der Waals surface area contributed by atoms with E-state index in [9.17, 15) is 22.4 Å². The Kier molecular flexibility index (Phi) is 8.38. The van der Waals surface area contributed by atoms with E-state index in [1.165, 1.54) is 29.4 Å². The summed E-state index contributed by atoms with van der Waals surface area (Å²) in [6, 6.07) is 12.5. The number of sulfonamides is 1. The van der Waals surface area contributed by atoms with E-state index in [2.05, 4.69) is 10.5 Å². The first-order valence-electron chi connectivity index (χ1n) is 12.2. The van der Waals surface area contributed by atoms with Crippen molar-refractivity contribution in [1.82, 2.24) is 9.46 Å². The van der Waals surface area contributed by atoms with E-state index >= 15 is 0 Å². The van der Waals surface area contributed by atoms with Crippen molar-refractivity contribution in [2.75, 3.05) is 25.0 Å². The zero-order valence-corrected chi connectivity index (χ0v) is 21.8. The predicted molar refractivity (Wildman–Crippen MR) is 139 cm³/mol. The third-order valence-corrected chi connectivity index (χ3v) is 8.30. The zero-order valence-electron chi connectivity index (χ0n) is 21.0. The molecule has 3 aromatic rings. The topological polar surface area (TPSA) is 119 Å². The first kappa shape index (κ1) is 27.2. The highest BCUT2D eigenvalue weighted by Gasteiger charge is 2.36. The van der Waals surface area contributed by atoms with Crippen LogP contribution in [0, 0.1) is 18.7 Å². The van der Waals surface area contributed by atoms with Crippen LogP contribution in [0.3, 0.4) is 0 Å². The molecule has 11 heteroatoms. The summed E-state index contributed by atoms with van der Waals surface area (Å²) >= 11 is 0. The van der Waals surface area contributed by atoms with Crippen molar-refractivity contribution >= 4 is 39.7 Å². The molecule has 4 rings (SSSR count). The maximum absolute atomic E-state index is 14.0. The third kappa shape index (κ3) is 6.00. The van der Waals surface area contributed by atoms with Gasteiger partial charge in [-0.25, -0.2) is 17.6 Å². The minimum absolute atomic E-state index is 0.0110. The maximum Gasteiger partial charge on any atom is 0.338 e. The molecule has 1 aliphatic heterocycles. The first-order chi connectivity index (χ1) is 18.2. The van der Waals surface area contributed by atoms with Gasteiger partial charge in [0.05, 0.1) is 12.2 Å². The van der Waals surface area contributed by atoms with Crippen molar-refractivity contribution in [3.05, 3.63) is 76.9 Å². The van der Waals surface area contributed by atoms with Crippen molar-refractivity contribution in [1.29, 1.82) is 0 Å². The number of hydrogen-bond acceptors (Lipinski definition) is 7. The second-order valence-electron chi connectivity index (χ2n) is 8.78. The van der Waals surface area contributed by atoms with Gasteiger partial charge in [0.1, 0.15) is 11.5 Å². The fourth-order valence-corrected chi connectivity index (χ4v) is 5.93. The Hall–Kier alpha value is -3.83. The molecule has 1 fully saturated rings. The lowest BCUT2D eigenvalue weighted by Gasteiger charge is -2.30. The number of ether oxygens (including phenoxy) is 1. The summed E-state index contributed by atoms with van der Waals surface area (Å²) in [7, 11) is -3.96. The van der Waals surface area contributed by atoms with Gasteiger partial charge in [-0.2, -0.15) is 4.31 Å². The second kappa shape index (κ2) is 11.7. The maximum atomic E-state index is 14.0. The molecule has 1 N–H and O–H groups in total. The van der Waals surface area contributed by atoms with Gasteiger partial charge in [-0.15, -0.1) is 0 Å². The summed E-state index contributed by atoms with van der Waals surface area (Å²) in [5, 5.41) is 6.63. The molecule has 1 aliphatic rings. The number of hydrogen-bond donors (Lipinski definition) is 1. The Morgan fingerprint density at radius 1 is 1.13 bits per heavy atom. The van der Waals surface area contributed by atoms with E-state index in [4.69, 9.17) is 9.26 Å². The molecule has 1 aromatic heterocycles. The van der Waals surface area contributed by atoms with Crippen molar-refractivity contribution in [3.8, 4) is 0 Å². The summed E-state index contributed by atoms with van der Waals surface area (Å²) in [6.45, 7) is 3.81. The Balaban J connectivity index is 1.40. The SMILES string of the molecule is CCOC(=O)c1ccc(NC(=O)C2CCN(S(=O)(=O)c3c(C)noc3/C=C/c3ccccc3F)CC2)cc1. The molecule has 2 heterocycles. The molecule has 0 unspecified atom stereocenters. The first-order valence-corrected chi connectivity index (χ1v) is 13.6. The molecule has 200 valence electrons. The van der Waals surface area contributed by atoms with Crippen LogP contribution in [0.15, 0.2) is 57.9 Å². The quantitative estimate of drug-likeness (QED) is 0.417. The molecule has 0 spiro atoms. The summed E-state index contributed by atoms with van der Waals surface area (Å²) in [6.07, 6.45) is 3.48. The van der Waals surface area contributed by atoms with Crippen LogP contribution < -0.4 is 5.32 Å². The van der Waals surface area contributed by atoms with Crippen molar-refractivity contribution in [2.24, 2.45) is 5.92 Å². The molecule has 38 heavy (non-hydrogen) atoms. The predicted octanol–water partition coefficient (Wildman–Crippen LogP) is 4.51. The van der Waals surface area contributed by atoms with Gasteiger partial charge in [-0.3, -0.25) is 4.79 Å². The zero-order chi connectivity index (χ0) is 27.3. The molecular formula is C27H28FN3O6S. The van der Waals surface area contributed by atoms with Crippen LogP contribution >= 0.6 is 0 Å². The second-order valence-corrected chi connectivity index (χ2v) is 10.7. The fourth-order valence-electron chi connectivity index (χ4n) is 4.21. The Morgan fingerprint density at radius 3 is 2.47 bits per heavy atom. The van der Waals surface area contributed by atoms with Gasteiger partial charge in [-0.05, 0) is 69.2 Å². The molecular weight excluding hydrogens is 513 g/mol. The highest BCUT2D eigenvalue weighted by Crippen LogP contribution is 2.30. The highest BCUT2D eigenvalue weighted by molar-refractivity contribution is 7.89. The Bertz CT molecular complexity index is 1440. The average Bonchev–Trinajstić information content (AvgIpc) is 3.29. The lowest BCUT2D eigenvalue weighted by molar-refractivity contribution is -0.120. The number of benzene rings is 2. The van der Waals surface area contributed by atoms with Crippen LogP contribution in [0.4, 0.5) is 10.1 Å². The lowest BCUT2D eigenvalue weighted by atomic mass is 9.97. The van der Waals surface area contributed by atoms with Crippen LogP contribution in [0.25, 0.3) is 12.2 Å². The van der Waals surface area contributed by atoms with Gasteiger partial charge in [0.2, 0.25) is 15.9 Å². The van der Waals surface area contributed by atoms with Gasteiger partial charge in [0, 0.05) is 30.3 Å². The number of carbonyl (C=O) groups is 2. The molecule has 1 saturated heterocycles. The lowest BCUT2D eigenvalue weighted by Crippen LogP contribution is -2.41. The minimum Gasteiger partial charge on any atom is -0.462 e. The molecule has 0 radical (unpaired) electrons. The number of piperidine rings is 1. The van der Waals surface area contributed by atoms with Crippen LogP contribution in [-0.2, 0) is 19.6 Å². The average molecular weight is 542 g/mol. The molecule has 1 amide bonds. The standard InChI is InChI=1S/C27H28FN3O6S/c1-3-36-27(33)21-8-11-22(12-9-21)29-26(32)20-14-16-31(17-15-20)38(34,35)25-18(2)30-37-24(25)13-10-19-6-4-5-7-23(19)28/h4-13,20H,3,14-17H2,1-2H3,(H,29,32)/b13-10+. The molecule has 2 aromatic carbocycles. The third-order valence-electron chi connectivity index (χ3n) is 6.24. The van der Waals surface area contributed by atoms with Crippen molar-refractivity contribution in [2.45, 2.75) is 31.6 Å². The highest BCUT2D eigenvalue weighted by atomic mass is 32.2. The largest absolute Gasteiger partial charge is 0.462 e. The smallest absolute Gasteiger partial charge is 0.338 e. The summed E-state index contributed by atoms with van der Waals surface area (Å²) in [5.74, 6) is -1.47. The van der Waals surface area contributed by atoms with Crippen LogP contribution in [0.1, 0.15) is 47.1 Å². The summed E-state index contributed by atoms with van der Waals surface area (Å²) < 4.78 is 52.4. The van der Waals surface area contributed by atoms with Crippen molar-refractivity contribution < 1.29 is 31.7 Å². The number of amides is 1. The number of anilines is 1. The van der Waals surface area contributed by atoms with Crippen molar-refractivity contribution in [3.63, 3.8) is 0 Å². The van der Waals surface area contributed by atoms with Crippen LogP contribution in [-0.4, -0.2) is 49.5 Å². The minimum atomic E-state index is -3.96. The molecule has 0 atom stereocenters. The van der Waals surface area contributed by atoms with E-state index in [1.807, 2.05) is 0 Å². The Morgan fingerprint density at radius 2 is 1.82 bits per heavy atom. The van der Waals surface area contributed by atoms with E-state index < -0.39 is 21.8 Å². The normalized spacial score (nSPS) is 15.0. The fraction of sp³-hybridized carbons (Fsp3) is 0.296. The molecule has 9 nitrogen and oxygen atoms in total. The molecule has 0 bridgehead atoms. The van der Waals surface area contributed by atoms with Gasteiger partial charge in [-0.1, -0.05) is 23.4 Å². The van der Waals surface area contributed by atoms with E-state index in [-0.39, 0.29) is 53.4 Å². The van der Waals surface area contributed by atoms with Gasteiger partial charge in [0.15, 0.2) is 10.7 Å². The summed E-state index contributed by atoms with van der Waals surface area (Å²) in [5.41, 5.74) is 1.40. The van der Waals surface area contributed by atoms with Crippen LogP contribution in [0.2, 0.25) is 0 Å². The molecule has 0 aliphatic carbocycles. The number of nitrogens with zero attached hydrogens (tertiary/aromatic N) is 2. The van der Waals surface area contributed by atoms with E-state index in [0.29, 0.717) is 24.1 Å². The number of aryl methyl sites for hydroxylation is 1. The summed E-state index contributed by atoms with van der Waals surface area (Å²) in [4.78, 5) is 24.5. The van der Waals surface area contributed by atoms with E-state index in [0.717, 1.165) is 0 Å². The number of rotatable bonds is 8. The monoisotopic (exact) mass is 541 g/mol. The number of esters is 1. The number of halogens is 1. The van der Waals surface area contributed by atoms with Gasteiger partial charge < -0.3 is 14.6 Å². The molecule has 0 saturated carbocycles. The van der Waals surface area contributed by atoms with Gasteiger partial charge >= 0.3 is 5.97 Å². The van der Waals surface area contributed by atoms with E-state index in [1.54, 1.807) is 49.4 Å². The van der Waals surface area contributed by atoms with Crippen LogP contribution in [0.5, 0.6) is 0 Å². The Labute approximate surface area is 220 Å². The number of nitrogens with one attached hydrogen (secondary N) is 1. The number of carbonyl (C=O) groups excluding carboxylic acids is 2. The van der Waals surface area contributed by atoms with Gasteiger partial charge in [0.25, 0.3) is 0 Å².